The zero-order valence-electron chi connectivity index (χ0n) is 7.71. The molecule has 0 saturated carbocycles. The summed E-state index contributed by atoms with van der Waals surface area (Å²) in [4.78, 5) is 0. The molecule has 0 spiro atoms. The predicted molar refractivity (Wildman–Crippen MR) is 57.3 cm³/mol. The molecule has 0 fully saturated rings. The van der Waals surface area contributed by atoms with Crippen LogP contribution in [0, 0.1) is 5.82 Å². The second kappa shape index (κ2) is 5.44. The van der Waals surface area contributed by atoms with Crippen molar-refractivity contribution in [3.8, 4) is 0 Å². The Labute approximate surface area is 91.1 Å². The maximum atomic E-state index is 13.3. The molecule has 3 N–H and O–H groups in total. The summed E-state index contributed by atoms with van der Waals surface area (Å²) in [5, 5.41) is 8.63. The molecule has 78 valence electrons. The van der Waals surface area contributed by atoms with Gasteiger partial charge in [-0.2, -0.15) is 0 Å². The molecule has 0 aliphatic carbocycles. The van der Waals surface area contributed by atoms with Gasteiger partial charge in [-0.1, -0.05) is 15.9 Å². The van der Waals surface area contributed by atoms with E-state index in [2.05, 4.69) is 15.9 Å². The maximum absolute atomic E-state index is 13.3. The van der Waals surface area contributed by atoms with Gasteiger partial charge in [0.2, 0.25) is 0 Å². The number of halogens is 2. The summed E-state index contributed by atoms with van der Waals surface area (Å²) in [7, 11) is 0. The van der Waals surface area contributed by atoms with Gasteiger partial charge in [0.25, 0.3) is 0 Å². The van der Waals surface area contributed by atoms with E-state index < -0.39 is 0 Å². The predicted octanol–water partition coefficient (Wildman–Crippen LogP) is 2.36. The summed E-state index contributed by atoms with van der Waals surface area (Å²) in [6, 6.07) is 4.35. The summed E-state index contributed by atoms with van der Waals surface area (Å²) < 4.78 is 14.1. The second-order valence-electron chi connectivity index (χ2n) is 3.14. The van der Waals surface area contributed by atoms with Gasteiger partial charge in [0, 0.05) is 22.7 Å². The van der Waals surface area contributed by atoms with Gasteiger partial charge in [-0.25, -0.2) is 4.39 Å². The number of benzene rings is 1. The molecule has 1 atom stereocenters. The number of aliphatic hydroxyl groups is 1. The fourth-order valence-electron chi connectivity index (χ4n) is 1.27. The quantitative estimate of drug-likeness (QED) is 0.874. The molecule has 4 heteroatoms. The van der Waals surface area contributed by atoms with Gasteiger partial charge < -0.3 is 10.8 Å². The third kappa shape index (κ3) is 3.04. The van der Waals surface area contributed by atoms with Gasteiger partial charge in [0.1, 0.15) is 5.82 Å². The van der Waals surface area contributed by atoms with Crippen molar-refractivity contribution in [1.82, 2.24) is 0 Å². The van der Waals surface area contributed by atoms with Gasteiger partial charge in [0.05, 0.1) is 0 Å². The van der Waals surface area contributed by atoms with Crippen LogP contribution in [0.1, 0.15) is 24.4 Å². The molecule has 14 heavy (non-hydrogen) atoms. The number of aliphatic hydroxyl groups excluding tert-OH is 1. The molecular formula is C10H13BrFNO. The lowest BCUT2D eigenvalue weighted by Crippen LogP contribution is -2.12. The van der Waals surface area contributed by atoms with Crippen LogP contribution in [0.3, 0.4) is 0 Å². The van der Waals surface area contributed by atoms with Crippen LogP contribution in [-0.2, 0) is 0 Å². The van der Waals surface area contributed by atoms with E-state index in [4.69, 9.17) is 10.8 Å². The van der Waals surface area contributed by atoms with Crippen molar-refractivity contribution in [3.05, 3.63) is 34.1 Å². The van der Waals surface area contributed by atoms with Crippen molar-refractivity contribution in [3.63, 3.8) is 0 Å². The summed E-state index contributed by atoms with van der Waals surface area (Å²) in [5.74, 6) is -0.293. The Hall–Kier alpha value is -0.450. The van der Waals surface area contributed by atoms with Crippen LogP contribution < -0.4 is 5.73 Å². The van der Waals surface area contributed by atoms with Crippen molar-refractivity contribution in [2.24, 2.45) is 5.73 Å². The average Bonchev–Trinajstić information content (AvgIpc) is 2.18. The van der Waals surface area contributed by atoms with E-state index in [1.54, 1.807) is 12.1 Å². The molecule has 0 aromatic heterocycles. The molecule has 0 aliphatic rings. The number of rotatable bonds is 4. The summed E-state index contributed by atoms with van der Waals surface area (Å²) >= 11 is 3.26. The van der Waals surface area contributed by atoms with Crippen LogP contribution in [-0.4, -0.2) is 11.7 Å². The standard InChI is InChI=1S/C10H13BrFNO/c11-7-3-4-9(12)8(6-7)10(13)2-1-5-14/h3-4,6,10,14H,1-2,5,13H2/t10-/m1/s1. The highest BCUT2D eigenvalue weighted by Gasteiger charge is 2.11. The van der Waals surface area contributed by atoms with Crippen LogP contribution in [0.25, 0.3) is 0 Å². The molecule has 0 saturated heterocycles. The van der Waals surface area contributed by atoms with E-state index in [0.29, 0.717) is 18.4 Å². The molecule has 1 aromatic carbocycles. The first-order valence-corrected chi connectivity index (χ1v) is 5.26. The van der Waals surface area contributed by atoms with Gasteiger partial charge in [-0.05, 0) is 31.0 Å². The van der Waals surface area contributed by atoms with E-state index in [0.717, 1.165) is 4.47 Å². The third-order valence-corrected chi connectivity index (χ3v) is 2.52. The van der Waals surface area contributed by atoms with Crippen molar-refractivity contribution in [2.75, 3.05) is 6.61 Å². The highest BCUT2D eigenvalue weighted by Crippen LogP contribution is 2.22. The zero-order valence-corrected chi connectivity index (χ0v) is 9.30. The molecule has 0 amide bonds. The third-order valence-electron chi connectivity index (χ3n) is 2.03. The molecule has 1 rings (SSSR count). The molecule has 0 aliphatic heterocycles. The molecule has 0 heterocycles. The molecule has 1 aromatic rings. The Morgan fingerprint density at radius 3 is 2.86 bits per heavy atom. The lowest BCUT2D eigenvalue weighted by atomic mass is 10.0. The Morgan fingerprint density at radius 1 is 1.50 bits per heavy atom. The topological polar surface area (TPSA) is 46.2 Å². The summed E-state index contributed by atoms with van der Waals surface area (Å²) in [6.07, 6.45) is 1.18. The van der Waals surface area contributed by atoms with E-state index in [1.165, 1.54) is 6.07 Å². The molecule has 0 unspecified atom stereocenters. The smallest absolute Gasteiger partial charge is 0.128 e. The van der Waals surface area contributed by atoms with Crippen molar-refractivity contribution >= 4 is 15.9 Å². The van der Waals surface area contributed by atoms with Crippen LogP contribution in [0.2, 0.25) is 0 Å². The second-order valence-corrected chi connectivity index (χ2v) is 4.05. The minimum Gasteiger partial charge on any atom is -0.396 e. The van der Waals surface area contributed by atoms with Crippen LogP contribution in [0.15, 0.2) is 22.7 Å². The zero-order chi connectivity index (χ0) is 10.6. The summed E-state index contributed by atoms with van der Waals surface area (Å²) in [6.45, 7) is 0.0866. The Kier molecular flexibility index (Phi) is 4.51. The van der Waals surface area contributed by atoms with Crippen LogP contribution >= 0.6 is 15.9 Å². The normalized spacial score (nSPS) is 12.9. The van der Waals surface area contributed by atoms with Gasteiger partial charge in [0.15, 0.2) is 0 Å². The van der Waals surface area contributed by atoms with Crippen molar-refractivity contribution < 1.29 is 9.50 Å². The molecular weight excluding hydrogens is 249 g/mol. The Bertz CT molecular complexity index is 306. The van der Waals surface area contributed by atoms with E-state index in [1.807, 2.05) is 0 Å². The highest BCUT2D eigenvalue weighted by molar-refractivity contribution is 9.10. The molecule has 0 bridgehead atoms. The van der Waals surface area contributed by atoms with Crippen molar-refractivity contribution in [2.45, 2.75) is 18.9 Å². The lowest BCUT2D eigenvalue weighted by Gasteiger charge is -2.12. The van der Waals surface area contributed by atoms with E-state index in [9.17, 15) is 4.39 Å². The number of nitrogens with two attached hydrogens (primary N) is 1. The molecule has 2 nitrogen and oxygen atoms in total. The Balaban J connectivity index is 2.77. The summed E-state index contributed by atoms with van der Waals surface area (Å²) in [5.41, 5.74) is 6.27. The van der Waals surface area contributed by atoms with Gasteiger partial charge >= 0.3 is 0 Å². The average molecular weight is 262 g/mol. The fraction of sp³-hybridized carbons (Fsp3) is 0.400. The minimum absolute atomic E-state index is 0.0866. The van der Waals surface area contributed by atoms with E-state index in [-0.39, 0.29) is 18.5 Å². The fourth-order valence-corrected chi connectivity index (χ4v) is 1.64. The van der Waals surface area contributed by atoms with Crippen LogP contribution in [0.4, 0.5) is 4.39 Å². The highest BCUT2D eigenvalue weighted by atomic mass is 79.9. The SMILES string of the molecule is N[C@H](CCCO)c1cc(Br)ccc1F. The number of hydrogen-bond donors (Lipinski definition) is 2. The van der Waals surface area contributed by atoms with Crippen LogP contribution in [0.5, 0.6) is 0 Å². The van der Waals surface area contributed by atoms with Gasteiger partial charge in [-0.3, -0.25) is 0 Å². The molecule has 0 radical (unpaired) electrons. The lowest BCUT2D eigenvalue weighted by molar-refractivity contribution is 0.279. The first-order valence-electron chi connectivity index (χ1n) is 4.46. The first kappa shape index (κ1) is 11.6. The Morgan fingerprint density at radius 2 is 2.21 bits per heavy atom. The maximum Gasteiger partial charge on any atom is 0.128 e. The van der Waals surface area contributed by atoms with E-state index >= 15 is 0 Å². The van der Waals surface area contributed by atoms with Gasteiger partial charge in [-0.15, -0.1) is 0 Å². The monoisotopic (exact) mass is 261 g/mol. The van der Waals surface area contributed by atoms with Crippen molar-refractivity contribution in [1.29, 1.82) is 0 Å². The first-order chi connectivity index (χ1) is 6.65. The largest absolute Gasteiger partial charge is 0.396 e. The number of hydrogen-bond acceptors (Lipinski definition) is 2. The minimum atomic E-state index is -0.348.